The van der Waals surface area contributed by atoms with Crippen molar-refractivity contribution in [3.63, 3.8) is 0 Å². The molecule has 1 aliphatic rings. The number of sulfone groups is 1. The van der Waals surface area contributed by atoms with Crippen molar-refractivity contribution in [1.82, 2.24) is 9.78 Å². The number of benzene rings is 2. The first-order chi connectivity index (χ1) is 15.2. The monoisotopic (exact) mass is 451 g/mol. The molecule has 1 atom stereocenters. The molecule has 1 unspecified atom stereocenters. The van der Waals surface area contributed by atoms with Crippen LogP contribution in [-0.2, 0) is 27.6 Å². The lowest BCUT2D eigenvalue weighted by molar-refractivity contribution is -0.137. The Hall–Kier alpha value is -3.44. The molecule has 1 N–H and O–H groups in total. The fraction of sp³-hybridized carbons (Fsp3) is 0.292. The van der Waals surface area contributed by atoms with Gasteiger partial charge in [0, 0.05) is 11.9 Å². The number of aliphatic carboxylic acids is 1. The van der Waals surface area contributed by atoms with Crippen molar-refractivity contribution in [1.29, 1.82) is 5.26 Å². The average Bonchev–Trinajstić information content (AvgIpc) is 3.17. The lowest BCUT2D eigenvalue weighted by atomic mass is 9.89. The van der Waals surface area contributed by atoms with Crippen LogP contribution in [0.25, 0.3) is 11.1 Å². The van der Waals surface area contributed by atoms with Gasteiger partial charge in [-0.05, 0) is 66.1 Å². The van der Waals surface area contributed by atoms with Crippen LogP contribution in [0.5, 0.6) is 0 Å². The molecule has 32 heavy (non-hydrogen) atoms. The number of carbonyl (C=O) groups is 1. The van der Waals surface area contributed by atoms with Crippen molar-refractivity contribution in [2.45, 2.75) is 43.5 Å². The number of carboxylic acid groups (broad SMARTS) is 1. The summed E-state index contributed by atoms with van der Waals surface area (Å²) >= 11 is 0. The van der Waals surface area contributed by atoms with E-state index in [1.807, 2.05) is 12.3 Å². The van der Waals surface area contributed by atoms with Gasteiger partial charge in [-0.1, -0.05) is 31.2 Å². The van der Waals surface area contributed by atoms with Gasteiger partial charge < -0.3 is 5.11 Å². The van der Waals surface area contributed by atoms with Crippen molar-refractivity contribution in [3.8, 4) is 17.2 Å². The molecular formula is C24H25N3O4S. The number of rotatable bonds is 4. The molecule has 0 aliphatic heterocycles. The van der Waals surface area contributed by atoms with Gasteiger partial charge in [-0.2, -0.15) is 10.4 Å². The molecule has 4 rings (SSSR count). The maximum atomic E-state index is 11.3. The Kier molecular flexibility index (Phi) is 7.11. The molecule has 0 saturated heterocycles. The van der Waals surface area contributed by atoms with Crippen LogP contribution < -0.4 is 0 Å². The van der Waals surface area contributed by atoms with E-state index < -0.39 is 15.8 Å². The van der Waals surface area contributed by atoms with Crippen molar-refractivity contribution in [3.05, 3.63) is 71.5 Å². The first-order valence-electron chi connectivity index (χ1n) is 10.3. The second-order valence-electron chi connectivity index (χ2n) is 7.88. The number of hydrogen-bond donors (Lipinski definition) is 1. The van der Waals surface area contributed by atoms with Crippen molar-refractivity contribution in [2.75, 3.05) is 6.26 Å². The fourth-order valence-electron chi connectivity index (χ4n) is 3.77. The van der Waals surface area contributed by atoms with Crippen LogP contribution >= 0.6 is 0 Å². The van der Waals surface area contributed by atoms with Crippen LogP contribution in [0.2, 0.25) is 0 Å². The number of carboxylic acids is 1. The molecule has 8 heteroatoms. The highest BCUT2D eigenvalue weighted by Gasteiger charge is 2.21. The van der Waals surface area contributed by atoms with Gasteiger partial charge in [0.2, 0.25) is 0 Å². The average molecular weight is 452 g/mol. The molecule has 0 amide bonds. The van der Waals surface area contributed by atoms with Crippen LogP contribution in [0.3, 0.4) is 0 Å². The third-order valence-electron chi connectivity index (χ3n) is 5.46. The minimum atomic E-state index is -3.17. The zero-order chi connectivity index (χ0) is 23.3. The van der Waals surface area contributed by atoms with E-state index in [1.54, 1.807) is 47.1 Å². The fourth-order valence-corrected chi connectivity index (χ4v) is 4.40. The maximum absolute atomic E-state index is 11.3. The molecule has 1 heterocycles. The van der Waals surface area contributed by atoms with Crippen LogP contribution in [0.15, 0.2) is 59.6 Å². The Morgan fingerprint density at radius 2 is 1.94 bits per heavy atom. The van der Waals surface area contributed by atoms with Gasteiger partial charge in [-0.3, -0.25) is 9.48 Å². The van der Waals surface area contributed by atoms with E-state index in [0.29, 0.717) is 16.4 Å². The first-order valence-corrected chi connectivity index (χ1v) is 12.1. The molecule has 7 nitrogen and oxygen atoms in total. The standard InChI is InChI=1S/C14H11NO2S.C10H14N2O2/c1-18(16,17)14-7-5-12(6-8-14)13-4-2-3-11(9-13)10-15;1-7-3-2-4-9-8(7)5-11-12(9)6-10(13)14/h2-9H,1H3;5,7H,2-4,6H2,1H3,(H,13,14). The van der Waals surface area contributed by atoms with Crippen LogP contribution in [0.1, 0.15) is 42.5 Å². The zero-order valence-corrected chi connectivity index (χ0v) is 18.8. The molecular weight excluding hydrogens is 426 g/mol. The van der Waals surface area contributed by atoms with E-state index in [9.17, 15) is 13.2 Å². The van der Waals surface area contributed by atoms with E-state index in [1.165, 1.54) is 18.2 Å². The van der Waals surface area contributed by atoms with Gasteiger partial charge in [0.05, 0.1) is 22.7 Å². The highest BCUT2D eigenvalue weighted by Crippen LogP contribution is 2.30. The van der Waals surface area contributed by atoms with Gasteiger partial charge >= 0.3 is 5.97 Å². The lowest BCUT2D eigenvalue weighted by Crippen LogP contribution is -2.16. The van der Waals surface area contributed by atoms with Gasteiger partial charge in [0.25, 0.3) is 0 Å². The largest absolute Gasteiger partial charge is 0.480 e. The molecule has 0 radical (unpaired) electrons. The quantitative estimate of drug-likeness (QED) is 0.641. The van der Waals surface area contributed by atoms with Gasteiger partial charge in [-0.25, -0.2) is 8.42 Å². The van der Waals surface area contributed by atoms with Crippen LogP contribution in [-0.4, -0.2) is 35.5 Å². The number of nitriles is 1. The van der Waals surface area contributed by atoms with Crippen molar-refractivity contribution < 1.29 is 18.3 Å². The number of nitrogens with zero attached hydrogens (tertiary/aromatic N) is 3. The SMILES string of the molecule is CC1CCCc2c1cnn2CC(=O)O.CS(=O)(=O)c1ccc(-c2cccc(C#N)c2)cc1. The summed E-state index contributed by atoms with van der Waals surface area (Å²) in [5, 5.41) is 21.6. The zero-order valence-electron chi connectivity index (χ0n) is 18.0. The molecule has 3 aromatic rings. The number of hydrogen-bond acceptors (Lipinski definition) is 5. The lowest BCUT2D eigenvalue weighted by Gasteiger charge is -2.18. The molecule has 1 aromatic heterocycles. The van der Waals surface area contributed by atoms with Gasteiger partial charge in [0.1, 0.15) is 6.54 Å². The summed E-state index contributed by atoms with van der Waals surface area (Å²) in [6.07, 6.45) is 6.29. The Morgan fingerprint density at radius 3 is 2.56 bits per heavy atom. The third kappa shape index (κ3) is 5.62. The highest BCUT2D eigenvalue weighted by atomic mass is 32.2. The number of fused-ring (bicyclic) bond motifs is 1. The van der Waals surface area contributed by atoms with E-state index in [-0.39, 0.29) is 6.54 Å². The van der Waals surface area contributed by atoms with Crippen LogP contribution in [0, 0.1) is 11.3 Å². The molecule has 166 valence electrons. The molecule has 0 fully saturated rings. The molecule has 0 spiro atoms. The van der Waals surface area contributed by atoms with Crippen molar-refractivity contribution in [2.24, 2.45) is 0 Å². The molecule has 0 saturated carbocycles. The second-order valence-corrected chi connectivity index (χ2v) is 9.90. The second kappa shape index (κ2) is 9.79. The third-order valence-corrected chi connectivity index (χ3v) is 6.58. The summed E-state index contributed by atoms with van der Waals surface area (Å²) in [6, 6.07) is 15.9. The molecule has 0 bridgehead atoms. The van der Waals surface area contributed by atoms with Gasteiger partial charge in [-0.15, -0.1) is 0 Å². The summed E-state index contributed by atoms with van der Waals surface area (Å²) in [6.45, 7) is 2.16. The smallest absolute Gasteiger partial charge is 0.325 e. The van der Waals surface area contributed by atoms with E-state index in [2.05, 4.69) is 18.1 Å². The minimum Gasteiger partial charge on any atom is -0.480 e. The molecule has 1 aliphatic carbocycles. The molecule has 2 aromatic carbocycles. The predicted molar refractivity (Wildman–Crippen MR) is 121 cm³/mol. The first kappa shape index (κ1) is 23.2. The Bertz CT molecular complexity index is 1260. The maximum Gasteiger partial charge on any atom is 0.325 e. The van der Waals surface area contributed by atoms with E-state index in [4.69, 9.17) is 10.4 Å². The highest BCUT2D eigenvalue weighted by molar-refractivity contribution is 7.90. The summed E-state index contributed by atoms with van der Waals surface area (Å²) < 4.78 is 24.3. The Balaban J connectivity index is 0.000000186. The summed E-state index contributed by atoms with van der Waals surface area (Å²) in [5.74, 6) is -0.296. The normalized spacial score (nSPS) is 15.1. The minimum absolute atomic E-state index is 0.0119. The van der Waals surface area contributed by atoms with Gasteiger partial charge in [0.15, 0.2) is 9.84 Å². The summed E-state index contributed by atoms with van der Waals surface area (Å²) in [5.41, 5.74) is 4.72. The van der Waals surface area contributed by atoms with E-state index >= 15 is 0 Å². The summed E-state index contributed by atoms with van der Waals surface area (Å²) in [4.78, 5) is 10.9. The predicted octanol–water partition coefficient (Wildman–Crippen LogP) is 4.04. The number of aromatic nitrogens is 2. The topological polar surface area (TPSA) is 113 Å². The Labute approximate surface area is 187 Å². The van der Waals surface area contributed by atoms with E-state index in [0.717, 1.165) is 29.7 Å². The van der Waals surface area contributed by atoms with Crippen LogP contribution in [0.4, 0.5) is 0 Å². The summed E-state index contributed by atoms with van der Waals surface area (Å²) in [7, 11) is -3.17. The van der Waals surface area contributed by atoms with Crippen molar-refractivity contribution >= 4 is 15.8 Å². The Morgan fingerprint density at radius 1 is 1.22 bits per heavy atom.